The average Bonchev–Trinajstić information content (AvgIpc) is 2.46. The van der Waals surface area contributed by atoms with Gasteiger partial charge in [0.1, 0.15) is 18.0 Å². The van der Waals surface area contributed by atoms with Crippen molar-refractivity contribution in [3.63, 3.8) is 0 Å². The van der Waals surface area contributed by atoms with Gasteiger partial charge in [0.05, 0.1) is 0 Å². The van der Waals surface area contributed by atoms with E-state index in [1.807, 2.05) is 0 Å². The van der Waals surface area contributed by atoms with Gasteiger partial charge < -0.3 is 10.5 Å². The lowest BCUT2D eigenvalue weighted by Gasteiger charge is -2.36. The van der Waals surface area contributed by atoms with Crippen molar-refractivity contribution < 1.29 is 26.7 Å². The predicted octanol–water partition coefficient (Wildman–Crippen LogP) is 3.22. The summed E-state index contributed by atoms with van der Waals surface area (Å²) in [6, 6.07) is 3.10. The largest absolute Gasteiger partial charge is 0.452 e. The van der Waals surface area contributed by atoms with Crippen LogP contribution in [0.4, 0.5) is 22.0 Å². The van der Waals surface area contributed by atoms with E-state index in [1.54, 1.807) is 6.92 Å². The molecular formula is C14H15F5N2O. The Kier molecular flexibility index (Phi) is 4.30. The van der Waals surface area contributed by atoms with Crippen LogP contribution >= 0.6 is 0 Å². The summed E-state index contributed by atoms with van der Waals surface area (Å²) in [7, 11) is 0. The number of halogens is 5. The van der Waals surface area contributed by atoms with Crippen LogP contribution in [0.1, 0.15) is 24.5 Å². The van der Waals surface area contributed by atoms with Crippen LogP contribution in [-0.2, 0) is 16.7 Å². The summed E-state index contributed by atoms with van der Waals surface area (Å²) in [4.78, 5) is 3.66. The van der Waals surface area contributed by atoms with E-state index in [4.69, 9.17) is 5.73 Å². The third-order valence-corrected chi connectivity index (χ3v) is 3.64. The average molecular weight is 322 g/mol. The third kappa shape index (κ3) is 3.00. The van der Waals surface area contributed by atoms with Gasteiger partial charge in [-0.1, -0.05) is 19.1 Å². The summed E-state index contributed by atoms with van der Waals surface area (Å²) >= 11 is 0. The zero-order chi connectivity index (χ0) is 16.5. The number of aliphatic imine (C=N–C) groups is 1. The van der Waals surface area contributed by atoms with E-state index in [9.17, 15) is 22.0 Å². The maximum absolute atomic E-state index is 14.1. The quantitative estimate of drug-likeness (QED) is 0.869. The van der Waals surface area contributed by atoms with Crippen LogP contribution in [0.2, 0.25) is 0 Å². The van der Waals surface area contributed by atoms with E-state index in [0.717, 1.165) is 6.07 Å². The number of benzene rings is 1. The molecule has 2 rings (SSSR count). The lowest BCUT2D eigenvalue weighted by Crippen LogP contribution is -2.48. The molecule has 3 nitrogen and oxygen atoms in total. The molecule has 2 atom stereocenters. The highest BCUT2D eigenvalue weighted by Gasteiger charge is 2.52. The van der Waals surface area contributed by atoms with Crippen LogP contribution < -0.4 is 5.73 Å². The van der Waals surface area contributed by atoms with Crippen molar-refractivity contribution in [3.8, 4) is 0 Å². The van der Waals surface area contributed by atoms with Crippen LogP contribution in [0.5, 0.6) is 0 Å². The van der Waals surface area contributed by atoms with Gasteiger partial charge in [-0.3, -0.25) is 0 Å². The maximum atomic E-state index is 14.1. The van der Waals surface area contributed by atoms with E-state index in [0.29, 0.717) is 12.0 Å². The highest BCUT2D eigenvalue weighted by atomic mass is 19.4. The zero-order valence-electron chi connectivity index (χ0n) is 11.8. The molecule has 1 aliphatic rings. The molecule has 1 heterocycles. The first-order valence-electron chi connectivity index (χ1n) is 6.65. The van der Waals surface area contributed by atoms with Crippen molar-refractivity contribution in [2.24, 2.45) is 10.7 Å². The summed E-state index contributed by atoms with van der Waals surface area (Å²) in [5.74, 6) is -0.825. The third-order valence-electron chi connectivity index (χ3n) is 3.64. The minimum Gasteiger partial charge on any atom is -0.452 e. The number of nitrogens with two attached hydrogens (primary N) is 1. The second-order valence-electron chi connectivity index (χ2n) is 5.14. The van der Waals surface area contributed by atoms with Gasteiger partial charge in [0.15, 0.2) is 6.10 Å². The van der Waals surface area contributed by atoms with Crippen molar-refractivity contribution in [2.45, 2.75) is 37.6 Å². The molecule has 0 spiro atoms. The monoisotopic (exact) mass is 322 g/mol. The lowest BCUT2D eigenvalue weighted by atomic mass is 9.84. The molecule has 122 valence electrons. The van der Waals surface area contributed by atoms with Gasteiger partial charge >= 0.3 is 6.18 Å². The molecule has 1 aliphatic heterocycles. The Morgan fingerprint density at radius 3 is 2.64 bits per heavy atom. The second kappa shape index (κ2) is 5.73. The Labute approximate surface area is 124 Å². The fourth-order valence-electron chi connectivity index (χ4n) is 2.44. The highest BCUT2D eigenvalue weighted by Crippen LogP contribution is 2.41. The van der Waals surface area contributed by atoms with Gasteiger partial charge in [-0.15, -0.1) is 0 Å². The molecule has 22 heavy (non-hydrogen) atoms. The number of ether oxygens (including phenoxy) is 1. The van der Waals surface area contributed by atoms with Crippen molar-refractivity contribution in [3.05, 3.63) is 35.1 Å². The SMILES string of the molecule is CCc1ccc(F)c(C2(CF)CC(C(F)(F)F)OC(N)=N2)c1. The van der Waals surface area contributed by atoms with Crippen LogP contribution in [-0.4, -0.2) is 25.0 Å². The van der Waals surface area contributed by atoms with E-state index in [-0.39, 0.29) is 5.56 Å². The van der Waals surface area contributed by atoms with Crippen molar-refractivity contribution in [1.29, 1.82) is 0 Å². The van der Waals surface area contributed by atoms with Gasteiger partial charge in [0, 0.05) is 12.0 Å². The number of amidine groups is 1. The van der Waals surface area contributed by atoms with E-state index in [2.05, 4.69) is 9.73 Å². The number of rotatable bonds is 3. The molecule has 1 aromatic rings. The first-order chi connectivity index (χ1) is 10.2. The fourth-order valence-corrected chi connectivity index (χ4v) is 2.44. The van der Waals surface area contributed by atoms with Crippen LogP contribution in [0.15, 0.2) is 23.2 Å². The molecule has 1 aromatic carbocycles. The first-order valence-corrected chi connectivity index (χ1v) is 6.65. The molecule has 0 saturated carbocycles. The first kappa shape index (κ1) is 16.5. The molecule has 2 N–H and O–H groups in total. The van der Waals surface area contributed by atoms with Gasteiger partial charge in [-0.2, -0.15) is 13.2 Å². The molecule has 0 bridgehead atoms. The minimum atomic E-state index is -4.75. The number of hydrogen-bond acceptors (Lipinski definition) is 3. The summed E-state index contributed by atoms with van der Waals surface area (Å²) < 4.78 is 70.8. The Balaban J connectivity index is 2.55. The van der Waals surface area contributed by atoms with E-state index >= 15 is 0 Å². The van der Waals surface area contributed by atoms with Gasteiger partial charge in [-0.25, -0.2) is 13.8 Å². The lowest BCUT2D eigenvalue weighted by molar-refractivity contribution is -0.209. The molecule has 8 heteroatoms. The fraction of sp³-hybridized carbons (Fsp3) is 0.500. The van der Waals surface area contributed by atoms with Crippen LogP contribution in [0, 0.1) is 5.82 Å². The maximum Gasteiger partial charge on any atom is 0.425 e. The van der Waals surface area contributed by atoms with Crippen LogP contribution in [0.25, 0.3) is 0 Å². The Morgan fingerprint density at radius 1 is 1.41 bits per heavy atom. The van der Waals surface area contributed by atoms with Gasteiger partial charge in [0.25, 0.3) is 6.02 Å². The number of alkyl halides is 4. The van der Waals surface area contributed by atoms with E-state index in [1.165, 1.54) is 12.1 Å². The Hall–Kier alpha value is -1.86. The summed E-state index contributed by atoms with van der Waals surface area (Å²) in [5, 5.41) is 0. The van der Waals surface area contributed by atoms with Crippen molar-refractivity contribution in [2.75, 3.05) is 6.67 Å². The molecule has 0 amide bonds. The van der Waals surface area contributed by atoms with Gasteiger partial charge in [-0.05, 0) is 18.1 Å². The second-order valence-corrected chi connectivity index (χ2v) is 5.14. The normalized spacial score (nSPS) is 25.5. The van der Waals surface area contributed by atoms with Crippen molar-refractivity contribution >= 4 is 6.02 Å². The van der Waals surface area contributed by atoms with Crippen LogP contribution in [0.3, 0.4) is 0 Å². The molecule has 0 saturated heterocycles. The Morgan fingerprint density at radius 2 is 2.09 bits per heavy atom. The number of hydrogen-bond donors (Lipinski definition) is 1. The molecule has 0 aromatic heterocycles. The minimum absolute atomic E-state index is 0.241. The summed E-state index contributed by atoms with van der Waals surface area (Å²) in [5.41, 5.74) is 3.66. The standard InChI is InChI=1S/C14H15F5N2O/c1-2-8-3-4-10(16)9(5-8)13(7-15)6-11(14(17,18)19)22-12(20)21-13/h3-5,11H,2,6-7H2,1H3,(H2,20,21). The van der Waals surface area contributed by atoms with Crippen molar-refractivity contribution in [1.82, 2.24) is 0 Å². The zero-order valence-corrected chi connectivity index (χ0v) is 11.8. The molecule has 0 radical (unpaired) electrons. The van der Waals surface area contributed by atoms with E-state index < -0.39 is 42.8 Å². The number of nitrogens with zero attached hydrogens (tertiary/aromatic N) is 1. The summed E-state index contributed by atoms with van der Waals surface area (Å²) in [6.07, 6.45) is -7.42. The summed E-state index contributed by atoms with van der Waals surface area (Å²) in [6.45, 7) is 0.479. The highest BCUT2D eigenvalue weighted by molar-refractivity contribution is 5.73. The Bertz CT molecular complexity index is 587. The molecule has 2 unspecified atom stereocenters. The molecule has 0 aliphatic carbocycles. The smallest absolute Gasteiger partial charge is 0.425 e. The van der Waals surface area contributed by atoms with Gasteiger partial charge in [0.2, 0.25) is 0 Å². The number of aryl methyl sites for hydroxylation is 1. The predicted molar refractivity (Wildman–Crippen MR) is 70.6 cm³/mol. The molecular weight excluding hydrogens is 307 g/mol. The molecule has 0 fully saturated rings. The topological polar surface area (TPSA) is 47.6 Å².